The molecular formula is C40H84N2O6P+. The number of phosphoric ester groups is 1. The molecule has 0 aromatic heterocycles. The number of carbonyl (C=O) groups excluding carboxylic acids is 1. The maximum absolute atomic E-state index is 12.7. The summed E-state index contributed by atoms with van der Waals surface area (Å²) in [7, 11) is 1.62. The van der Waals surface area contributed by atoms with Gasteiger partial charge in [0.05, 0.1) is 39.9 Å². The smallest absolute Gasteiger partial charge is 0.391 e. The second-order valence-electron chi connectivity index (χ2n) is 15.7. The molecule has 3 atom stereocenters. The molecule has 294 valence electrons. The van der Waals surface area contributed by atoms with Gasteiger partial charge in [-0.25, -0.2) is 4.57 Å². The first-order valence-electron chi connectivity index (χ1n) is 20.9. The fourth-order valence-corrected chi connectivity index (χ4v) is 6.96. The van der Waals surface area contributed by atoms with Crippen molar-refractivity contribution in [1.29, 1.82) is 0 Å². The van der Waals surface area contributed by atoms with Crippen LogP contribution in [0.25, 0.3) is 0 Å². The molecule has 9 heteroatoms. The molecule has 0 aliphatic rings. The van der Waals surface area contributed by atoms with Crippen molar-refractivity contribution in [2.75, 3.05) is 40.9 Å². The summed E-state index contributed by atoms with van der Waals surface area (Å²) in [6.07, 6.45) is 34.2. The van der Waals surface area contributed by atoms with Crippen LogP contribution in [0.5, 0.6) is 0 Å². The predicted molar refractivity (Wildman–Crippen MR) is 208 cm³/mol. The summed E-state index contributed by atoms with van der Waals surface area (Å²) in [6.45, 7) is 4.86. The number of nitrogens with zero attached hydrogens (tertiary/aromatic N) is 1. The summed E-state index contributed by atoms with van der Waals surface area (Å²) in [4.78, 5) is 23.0. The molecule has 3 unspecified atom stereocenters. The van der Waals surface area contributed by atoms with Crippen LogP contribution in [0.4, 0.5) is 0 Å². The number of phosphoric acid groups is 1. The maximum Gasteiger partial charge on any atom is 0.472 e. The Bertz CT molecular complexity index is 778. The zero-order valence-electron chi connectivity index (χ0n) is 33.2. The Morgan fingerprint density at radius 1 is 0.612 bits per heavy atom. The standard InChI is InChI=1S/C40H83N2O6P/c1-6-8-10-12-14-16-17-18-19-20-21-22-23-24-25-26-27-29-31-33-39(43)38(37-48-49(45,46)47-36-35-42(3,4)5)41-40(44)34-32-30-28-15-13-11-9-7-2/h38-39,43H,6-37H2,1-5H3,(H-,41,44,45,46)/p+1. The first-order chi connectivity index (χ1) is 23.5. The van der Waals surface area contributed by atoms with Gasteiger partial charge in [0.2, 0.25) is 5.91 Å². The summed E-state index contributed by atoms with van der Waals surface area (Å²) in [5.74, 6) is -0.148. The molecule has 0 aromatic rings. The second kappa shape index (κ2) is 33.3. The SMILES string of the molecule is CCCCCCCCCCCCCCCCCCCCCC(O)C(COP(=O)(O)OCC[N+](C)(C)C)NC(=O)CCCCCCCCCC. The van der Waals surface area contributed by atoms with E-state index in [1.165, 1.54) is 135 Å². The van der Waals surface area contributed by atoms with E-state index in [-0.39, 0.29) is 19.1 Å². The number of aliphatic hydroxyl groups is 1. The van der Waals surface area contributed by atoms with E-state index in [0.29, 0.717) is 23.9 Å². The molecule has 0 bridgehead atoms. The molecule has 0 aromatic carbocycles. The first kappa shape index (κ1) is 48.5. The van der Waals surface area contributed by atoms with E-state index in [4.69, 9.17) is 9.05 Å². The van der Waals surface area contributed by atoms with Gasteiger partial charge in [-0.1, -0.05) is 181 Å². The van der Waals surface area contributed by atoms with Crippen LogP contribution in [0.1, 0.15) is 200 Å². The zero-order chi connectivity index (χ0) is 36.5. The number of carbonyl (C=O) groups is 1. The van der Waals surface area contributed by atoms with E-state index < -0.39 is 20.0 Å². The first-order valence-corrected chi connectivity index (χ1v) is 22.4. The van der Waals surface area contributed by atoms with Gasteiger partial charge in [0.25, 0.3) is 0 Å². The third-order valence-electron chi connectivity index (χ3n) is 9.61. The molecule has 1 amide bonds. The number of amides is 1. The van der Waals surface area contributed by atoms with E-state index in [1.807, 2.05) is 21.1 Å². The van der Waals surface area contributed by atoms with E-state index in [2.05, 4.69) is 19.2 Å². The summed E-state index contributed by atoms with van der Waals surface area (Å²) < 4.78 is 23.5. The fraction of sp³-hybridized carbons (Fsp3) is 0.975. The van der Waals surface area contributed by atoms with Gasteiger partial charge in [-0.05, 0) is 12.8 Å². The molecule has 0 radical (unpaired) electrons. The largest absolute Gasteiger partial charge is 0.472 e. The van der Waals surface area contributed by atoms with Gasteiger partial charge in [0.1, 0.15) is 13.2 Å². The lowest BCUT2D eigenvalue weighted by atomic mass is 10.0. The lowest BCUT2D eigenvalue weighted by Gasteiger charge is -2.26. The van der Waals surface area contributed by atoms with Crippen molar-refractivity contribution in [2.24, 2.45) is 0 Å². The van der Waals surface area contributed by atoms with Crippen LogP contribution < -0.4 is 5.32 Å². The Balaban J connectivity index is 4.26. The van der Waals surface area contributed by atoms with Crippen LogP contribution in [-0.4, -0.2) is 73.4 Å². The van der Waals surface area contributed by atoms with Gasteiger partial charge in [-0.15, -0.1) is 0 Å². The van der Waals surface area contributed by atoms with E-state index >= 15 is 0 Å². The third-order valence-corrected chi connectivity index (χ3v) is 10.6. The molecular weight excluding hydrogens is 635 g/mol. The minimum Gasteiger partial charge on any atom is -0.391 e. The summed E-state index contributed by atoms with van der Waals surface area (Å²) in [5.41, 5.74) is 0. The van der Waals surface area contributed by atoms with Crippen molar-refractivity contribution in [3.05, 3.63) is 0 Å². The van der Waals surface area contributed by atoms with Crippen molar-refractivity contribution in [1.82, 2.24) is 5.32 Å². The van der Waals surface area contributed by atoms with Crippen LogP contribution in [0.3, 0.4) is 0 Å². The zero-order valence-corrected chi connectivity index (χ0v) is 34.1. The van der Waals surface area contributed by atoms with E-state index in [0.717, 1.165) is 38.5 Å². The lowest BCUT2D eigenvalue weighted by molar-refractivity contribution is -0.870. The van der Waals surface area contributed by atoms with E-state index in [9.17, 15) is 19.4 Å². The fourth-order valence-electron chi connectivity index (χ4n) is 6.22. The third kappa shape index (κ3) is 35.7. The highest BCUT2D eigenvalue weighted by atomic mass is 31.2. The van der Waals surface area contributed by atoms with Gasteiger partial charge in [0, 0.05) is 6.42 Å². The van der Waals surface area contributed by atoms with Gasteiger partial charge in [-0.2, -0.15) is 0 Å². The molecule has 0 fully saturated rings. The van der Waals surface area contributed by atoms with Crippen LogP contribution in [-0.2, 0) is 18.4 Å². The average Bonchev–Trinajstić information content (AvgIpc) is 3.04. The molecule has 0 saturated heterocycles. The maximum atomic E-state index is 12.7. The molecule has 0 aliphatic carbocycles. The Labute approximate surface area is 304 Å². The Morgan fingerprint density at radius 3 is 1.37 bits per heavy atom. The highest BCUT2D eigenvalue weighted by Crippen LogP contribution is 2.43. The number of hydrogen-bond donors (Lipinski definition) is 3. The monoisotopic (exact) mass is 720 g/mol. The molecule has 0 spiro atoms. The predicted octanol–water partition coefficient (Wildman–Crippen LogP) is 11.0. The second-order valence-corrected chi connectivity index (χ2v) is 17.2. The van der Waals surface area contributed by atoms with Crippen molar-refractivity contribution in [3.8, 4) is 0 Å². The van der Waals surface area contributed by atoms with Crippen LogP contribution in [0.15, 0.2) is 0 Å². The lowest BCUT2D eigenvalue weighted by Crippen LogP contribution is -2.46. The van der Waals surface area contributed by atoms with Gasteiger partial charge >= 0.3 is 7.82 Å². The molecule has 49 heavy (non-hydrogen) atoms. The van der Waals surface area contributed by atoms with Crippen LogP contribution in [0, 0.1) is 0 Å². The molecule has 0 saturated carbocycles. The number of quaternary nitrogens is 1. The summed E-state index contributed by atoms with van der Waals surface area (Å²) in [6, 6.07) is -0.750. The number of rotatable bonds is 38. The Morgan fingerprint density at radius 2 is 0.980 bits per heavy atom. The van der Waals surface area contributed by atoms with Gasteiger partial charge < -0.3 is 19.8 Å². The molecule has 0 rings (SSSR count). The molecule has 0 aliphatic heterocycles. The number of aliphatic hydroxyl groups excluding tert-OH is 1. The Kier molecular flexibility index (Phi) is 33.0. The normalized spacial score (nSPS) is 14.5. The highest BCUT2D eigenvalue weighted by Gasteiger charge is 2.28. The minimum absolute atomic E-state index is 0.0780. The molecule has 3 N–H and O–H groups in total. The van der Waals surface area contributed by atoms with E-state index in [1.54, 1.807) is 0 Å². The van der Waals surface area contributed by atoms with Crippen LogP contribution in [0.2, 0.25) is 0 Å². The number of hydrogen-bond acceptors (Lipinski definition) is 5. The Hall–Kier alpha value is -0.500. The molecule has 0 heterocycles. The quantitative estimate of drug-likeness (QED) is 0.0333. The van der Waals surface area contributed by atoms with Gasteiger partial charge in [0.15, 0.2) is 0 Å². The number of nitrogens with one attached hydrogen (secondary N) is 1. The highest BCUT2D eigenvalue weighted by molar-refractivity contribution is 7.47. The van der Waals surface area contributed by atoms with Crippen molar-refractivity contribution >= 4 is 13.7 Å². The van der Waals surface area contributed by atoms with Crippen molar-refractivity contribution in [3.63, 3.8) is 0 Å². The molecule has 8 nitrogen and oxygen atoms in total. The summed E-state index contributed by atoms with van der Waals surface area (Å²) >= 11 is 0. The summed E-state index contributed by atoms with van der Waals surface area (Å²) in [5, 5.41) is 13.9. The van der Waals surface area contributed by atoms with Crippen LogP contribution >= 0.6 is 7.82 Å². The van der Waals surface area contributed by atoms with Crippen molar-refractivity contribution in [2.45, 2.75) is 212 Å². The minimum atomic E-state index is -4.30. The van der Waals surface area contributed by atoms with Gasteiger partial charge in [-0.3, -0.25) is 13.8 Å². The number of likely N-dealkylation sites (N-methyl/N-ethyl adjacent to an activating group) is 1. The average molecular weight is 720 g/mol. The number of unbranched alkanes of at least 4 members (excludes halogenated alkanes) is 25. The topological polar surface area (TPSA) is 105 Å². The van der Waals surface area contributed by atoms with Crippen molar-refractivity contribution < 1.29 is 32.9 Å².